The summed E-state index contributed by atoms with van der Waals surface area (Å²) >= 11 is 0. The van der Waals surface area contributed by atoms with Gasteiger partial charge in [-0.2, -0.15) is 5.10 Å². The molecule has 8 nitrogen and oxygen atoms in total. The molecule has 0 spiro atoms. The number of aromatic nitrogens is 2. The van der Waals surface area contributed by atoms with Crippen molar-refractivity contribution in [3.63, 3.8) is 0 Å². The Morgan fingerprint density at radius 1 is 1.11 bits per heavy atom. The second-order valence-electron chi connectivity index (χ2n) is 5.93. The summed E-state index contributed by atoms with van der Waals surface area (Å²) in [5.41, 5.74) is 4.17. The Morgan fingerprint density at radius 2 is 1.81 bits per heavy atom. The Labute approximate surface area is 154 Å². The molecule has 0 saturated carbocycles. The van der Waals surface area contributed by atoms with Crippen LogP contribution in [0.25, 0.3) is 5.69 Å². The summed E-state index contributed by atoms with van der Waals surface area (Å²) in [5.74, 6) is -1.31. The molecule has 0 atom stereocenters. The number of nitrogens with zero attached hydrogens (tertiary/aromatic N) is 2. The summed E-state index contributed by atoms with van der Waals surface area (Å²) in [4.78, 5) is 24.8. The maximum atomic E-state index is 12.7. The van der Waals surface area contributed by atoms with E-state index in [2.05, 4.69) is 15.6 Å². The number of H-pyrrole nitrogens is 1. The summed E-state index contributed by atoms with van der Waals surface area (Å²) < 4.78 is 1.41. The normalized spacial score (nSPS) is 11.4. The van der Waals surface area contributed by atoms with Crippen LogP contribution in [0.3, 0.4) is 0 Å². The molecule has 1 aromatic heterocycles. The zero-order valence-electron chi connectivity index (χ0n) is 14.7. The van der Waals surface area contributed by atoms with Crippen LogP contribution in [0, 0.1) is 6.92 Å². The molecule has 0 bridgehead atoms. The van der Waals surface area contributed by atoms with Crippen molar-refractivity contribution in [3.05, 3.63) is 75.7 Å². The average molecular weight is 366 g/mol. The molecule has 0 aliphatic carbocycles. The van der Waals surface area contributed by atoms with Crippen LogP contribution >= 0.6 is 0 Å². The number of para-hydroxylation sites is 1. The third-order valence-corrected chi connectivity index (χ3v) is 4.01. The Kier molecular flexibility index (Phi) is 4.80. The highest BCUT2D eigenvalue weighted by Gasteiger charge is 2.15. The van der Waals surface area contributed by atoms with Crippen LogP contribution in [0.4, 0.5) is 0 Å². The highest BCUT2D eigenvalue weighted by atomic mass is 16.3. The van der Waals surface area contributed by atoms with E-state index in [0.717, 1.165) is 6.07 Å². The quantitative estimate of drug-likeness (QED) is 0.321. The largest absolute Gasteiger partial charge is 0.504 e. The fourth-order valence-corrected chi connectivity index (χ4v) is 2.65. The average Bonchev–Trinajstić information content (AvgIpc) is 2.96. The Morgan fingerprint density at radius 3 is 2.48 bits per heavy atom. The van der Waals surface area contributed by atoms with E-state index in [9.17, 15) is 19.8 Å². The molecule has 0 unspecified atom stereocenters. The van der Waals surface area contributed by atoms with Crippen molar-refractivity contribution >= 4 is 11.6 Å². The molecule has 8 heteroatoms. The molecule has 138 valence electrons. The predicted molar refractivity (Wildman–Crippen MR) is 101 cm³/mol. The minimum Gasteiger partial charge on any atom is -0.504 e. The molecule has 0 radical (unpaired) electrons. The van der Waals surface area contributed by atoms with Crippen molar-refractivity contribution in [2.45, 2.75) is 13.8 Å². The predicted octanol–water partition coefficient (Wildman–Crippen LogP) is 2.04. The van der Waals surface area contributed by atoms with E-state index in [1.54, 1.807) is 26.0 Å². The first-order valence-corrected chi connectivity index (χ1v) is 8.12. The molecule has 1 heterocycles. The van der Waals surface area contributed by atoms with Gasteiger partial charge in [0.05, 0.1) is 17.0 Å². The van der Waals surface area contributed by atoms with Gasteiger partial charge in [0.15, 0.2) is 11.5 Å². The maximum absolute atomic E-state index is 12.7. The molecule has 0 saturated heterocycles. The first kappa shape index (κ1) is 18.0. The highest BCUT2D eigenvalue weighted by molar-refractivity contribution is 6.01. The van der Waals surface area contributed by atoms with Gasteiger partial charge in [-0.15, -0.1) is 0 Å². The van der Waals surface area contributed by atoms with Gasteiger partial charge in [0.2, 0.25) is 0 Å². The molecule has 3 aromatic rings. The van der Waals surface area contributed by atoms with E-state index in [4.69, 9.17) is 0 Å². The first-order chi connectivity index (χ1) is 12.9. The van der Waals surface area contributed by atoms with Gasteiger partial charge in [0, 0.05) is 11.3 Å². The topological polar surface area (TPSA) is 120 Å². The molecule has 0 fully saturated rings. The van der Waals surface area contributed by atoms with Crippen molar-refractivity contribution in [3.8, 4) is 17.2 Å². The number of carbonyl (C=O) groups is 1. The monoisotopic (exact) mass is 366 g/mol. The molecule has 0 aliphatic rings. The number of carbonyl (C=O) groups excluding carboxylic acids is 1. The Hall–Kier alpha value is -3.81. The second-order valence-corrected chi connectivity index (χ2v) is 5.93. The van der Waals surface area contributed by atoms with Gasteiger partial charge >= 0.3 is 0 Å². The Bertz CT molecular complexity index is 1080. The van der Waals surface area contributed by atoms with Crippen molar-refractivity contribution in [2.75, 3.05) is 0 Å². The third kappa shape index (κ3) is 3.59. The zero-order valence-corrected chi connectivity index (χ0v) is 14.7. The van der Waals surface area contributed by atoms with Gasteiger partial charge in [-0.3, -0.25) is 14.7 Å². The van der Waals surface area contributed by atoms with Crippen LogP contribution in [0.2, 0.25) is 0 Å². The third-order valence-electron chi connectivity index (χ3n) is 4.01. The number of hydrogen-bond donors (Lipinski definition) is 4. The van der Waals surface area contributed by atoms with Crippen molar-refractivity contribution < 1.29 is 15.0 Å². The number of aromatic hydroxyl groups is 2. The lowest BCUT2D eigenvalue weighted by atomic mass is 10.2. The molecule has 0 aliphatic heterocycles. The van der Waals surface area contributed by atoms with Gasteiger partial charge < -0.3 is 10.2 Å². The number of aryl methyl sites for hydroxylation is 1. The molecule has 2 aromatic carbocycles. The standard InChI is InChI=1S/C19H18N4O4/c1-11(20-21-18(26)13-8-9-15(24)16(25)10-13)17-12(2)22-23(19(17)27)14-6-4-3-5-7-14/h3-10,22,24-25H,1-2H3,(H,21,26)/b20-11-. The second kappa shape index (κ2) is 7.20. The number of nitrogens with one attached hydrogen (secondary N) is 2. The minimum atomic E-state index is -0.582. The highest BCUT2D eigenvalue weighted by Crippen LogP contribution is 2.24. The Balaban J connectivity index is 1.86. The molecule has 27 heavy (non-hydrogen) atoms. The minimum absolute atomic E-state index is 0.120. The fraction of sp³-hybridized carbons (Fsp3) is 0.105. The number of benzene rings is 2. The lowest BCUT2D eigenvalue weighted by Gasteiger charge is -2.03. The lowest BCUT2D eigenvalue weighted by molar-refractivity contribution is 0.0954. The van der Waals surface area contributed by atoms with E-state index < -0.39 is 11.7 Å². The van der Waals surface area contributed by atoms with Crippen LogP contribution in [0.1, 0.15) is 28.5 Å². The summed E-state index contributed by atoms with van der Waals surface area (Å²) in [6.07, 6.45) is 0. The van der Waals surface area contributed by atoms with Crippen LogP contribution in [-0.2, 0) is 0 Å². The summed E-state index contributed by atoms with van der Waals surface area (Å²) in [6, 6.07) is 12.8. The van der Waals surface area contributed by atoms with Gasteiger partial charge in [-0.1, -0.05) is 18.2 Å². The van der Waals surface area contributed by atoms with Crippen LogP contribution in [0.5, 0.6) is 11.5 Å². The molecule has 3 rings (SSSR count). The van der Waals surface area contributed by atoms with E-state index >= 15 is 0 Å². The van der Waals surface area contributed by atoms with E-state index in [1.807, 2.05) is 18.2 Å². The summed E-state index contributed by atoms with van der Waals surface area (Å²) in [5, 5.41) is 25.8. The van der Waals surface area contributed by atoms with E-state index in [1.165, 1.54) is 16.8 Å². The lowest BCUT2D eigenvalue weighted by Crippen LogP contribution is -2.23. The van der Waals surface area contributed by atoms with Crippen LogP contribution < -0.4 is 11.0 Å². The van der Waals surface area contributed by atoms with Gasteiger partial charge in [-0.25, -0.2) is 10.1 Å². The first-order valence-electron chi connectivity index (χ1n) is 8.12. The van der Waals surface area contributed by atoms with E-state index in [-0.39, 0.29) is 16.9 Å². The van der Waals surface area contributed by atoms with Crippen molar-refractivity contribution in [1.82, 2.24) is 15.2 Å². The van der Waals surface area contributed by atoms with Gasteiger partial charge in [0.25, 0.3) is 11.5 Å². The SMILES string of the molecule is C/C(=N/NC(=O)c1ccc(O)c(O)c1)c1c(C)[nH]n(-c2ccccc2)c1=O. The summed E-state index contributed by atoms with van der Waals surface area (Å²) in [7, 11) is 0. The van der Waals surface area contributed by atoms with Crippen LogP contribution in [0.15, 0.2) is 58.4 Å². The number of aromatic amines is 1. The molecule has 4 N–H and O–H groups in total. The number of phenolic OH excluding ortho intramolecular Hbond substituents is 2. The molecular formula is C19H18N4O4. The fourth-order valence-electron chi connectivity index (χ4n) is 2.65. The van der Waals surface area contributed by atoms with Crippen molar-refractivity contribution in [2.24, 2.45) is 5.10 Å². The number of phenols is 2. The number of rotatable bonds is 4. The van der Waals surface area contributed by atoms with Gasteiger partial charge in [0.1, 0.15) is 0 Å². The number of amides is 1. The van der Waals surface area contributed by atoms with Crippen molar-refractivity contribution in [1.29, 1.82) is 0 Å². The molecule has 1 amide bonds. The summed E-state index contributed by atoms with van der Waals surface area (Å²) in [6.45, 7) is 3.36. The molecular weight excluding hydrogens is 348 g/mol. The number of hydrogen-bond acceptors (Lipinski definition) is 5. The number of hydrazone groups is 1. The van der Waals surface area contributed by atoms with Crippen LogP contribution in [-0.4, -0.2) is 31.6 Å². The van der Waals surface area contributed by atoms with E-state index in [0.29, 0.717) is 22.7 Å². The van der Waals surface area contributed by atoms with Gasteiger partial charge in [-0.05, 0) is 44.2 Å². The maximum Gasteiger partial charge on any atom is 0.280 e. The zero-order chi connectivity index (χ0) is 19.6. The smallest absolute Gasteiger partial charge is 0.280 e.